The Kier molecular flexibility index (Phi) is 6.65. The molecule has 2 amide bonds. The molecule has 4 N–H and O–H groups in total. The van der Waals surface area contributed by atoms with E-state index in [1.165, 1.54) is 5.56 Å². The summed E-state index contributed by atoms with van der Waals surface area (Å²) < 4.78 is 0. The first-order valence-electron chi connectivity index (χ1n) is 9.67. The van der Waals surface area contributed by atoms with Crippen molar-refractivity contribution in [2.45, 2.75) is 52.4 Å². The molecule has 0 aliphatic heterocycles. The molecule has 0 atom stereocenters. The van der Waals surface area contributed by atoms with E-state index in [0.29, 0.717) is 5.56 Å². The van der Waals surface area contributed by atoms with E-state index in [-0.39, 0.29) is 22.4 Å². The summed E-state index contributed by atoms with van der Waals surface area (Å²) in [5, 5.41) is 2.67. The Labute approximate surface area is 173 Å². The van der Waals surface area contributed by atoms with Gasteiger partial charge < -0.3 is 5.32 Å². The van der Waals surface area contributed by atoms with Gasteiger partial charge in [-0.15, -0.1) is 0 Å². The predicted octanol–water partition coefficient (Wildman–Crippen LogP) is 4.04. The number of hydrogen-bond donors (Lipinski definition) is 3. The summed E-state index contributed by atoms with van der Waals surface area (Å²) in [5.74, 6) is 4.36. The third-order valence-corrected chi connectivity index (χ3v) is 4.72. The lowest BCUT2D eigenvalue weighted by Gasteiger charge is -2.19. The summed E-state index contributed by atoms with van der Waals surface area (Å²) in [6.45, 7) is 12.7. The molecule has 154 valence electrons. The molecule has 0 bridgehead atoms. The van der Waals surface area contributed by atoms with Crippen molar-refractivity contribution >= 4 is 17.9 Å². The maximum absolute atomic E-state index is 12.6. The Morgan fingerprint density at radius 2 is 1.24 bits per heavy atom. The van der Waals surface area contributed by atoms with Gasteiger partial charge in [-0.25, -0.2) is 5.84 Å². The lowest BCUT2D eigenvalue weighted by Crippen LogP contribution is -2.38. The fourth-order valence-corrected chi connectivity index (χ4v) is 2.80. The maximum Gasteiger partial charge on any atom is 0.281 e. The summed E-state index contributed by atoms with van der Waals surface area (Å²) in [6.07, 6.45) is 1.61. The van der Waals surface area contributed by atoms with Crippen LogP contribution in [-0.4, -0.2) is 11.8 Å². The zero-order valence-corrected chi connectivity index (χ0v) is 18.1. The lowest BCUT2D eigenvalue weighted by molar-refractivity contribution is -0.117. The first-order chi connectivity index (χ1) is 13.4. The fraction of sp³-hybridized carbons (Fsp3) is 0.333. The third kappa shape index (κ3) is 6.03. The van der Waals surface area contributed by atoms with E-state index < -0.39 is 5.91 Å². The second kappa shape index (κ2) is 8.62. The summed E-state index contributed by atoms with van der Waals surface area (Å²) >= 11 is 0. The number of hydrazine groups is 1. The first kappa shape index (κ1) is 22.4. The minimum Gasteiger partial charge on any atom is -0.317 e. The monoisotopic (exact) mass is 393 g/mol. The average molecular weight is 394 g/mol. The largest absolute Gasteiger partial charge is 0.317 e. The van der Waals surface area contributed by atoms with Gasteiger partial charge in [-0.3, -0.25) is 15.0 Å². The van der Waals surface area contributed by atoms with Gasteiger partial charge in [0.25, 0.3) is 11.8 Å². The smallest absolute Gasteiger partial charge is 0.281 e. The van der Waals surface area contributed by atoms with Crippen LogP contribution in [0.5, 0.6) is 0 Å². The normalized spacial score (nSPS) is 12.4. The van der Waals surface area contributed by atoms with E-state index in [2.05, 4.69) is 52.3 Å². The Bertz CT molecular complexity index is 897. The molecule has 5 nitrogen and oxygen atoms in total. The van der Waals surface area contributed by atoms with Crippen LogP contribution < -0.4 is 16.6 Å². The molecule has 0 spiro atoms. The highest BCUT2D eigenvalue weighted by atomic mass is 16.2. The van der Waals surface area contributed by atoms with Gasteiger partial charge >= 0.3 is 0 Å². The molecule has 2 aromatic carbocycles. The van der Waals surface area contributed by atoms with Gasteiger partial charge in [-0.05, 0) is 45.7 Å². The number of nitrogens with one attached hydrogen (secondary N) is 2. The van der Waals surface area contributed by atoms with Crippen LogP contribution in [0, 0.1) is 0 Å². The van der Waals surface area contributed by atoms with Gasteiger partial charge in [0.1, 0.15) is 5.70 Å². The zero-order chi connectivity index (χ0) is 21.8. The van der Waals surface area contributed by atoms with Gasteiger partial charge in [-0.1, -0.05) is 77.9 Å². The van der Waals surface area contributed by atoms with E-state index in [1.807, 2.05) is 36.4 Å². The number of nitrogens with two attached hydrogens (primary N) is 1. The van der Waals surface area contributed by atoms with Crippen LogP contribution in [0.1, 0.15) is 68.6 Å². The second-order valence-electron chi connectivity index (χ2n) is 9.18. The summed E-state index contributed by atoms with van der Waals surface area (Å²) in [5.41, 5.74) is 5.77. The highest BCUT2D eigenvalue weighted by Gasteiger charge is 2.17. The molecule has 0 saturated heterocycles. The van der Waals surface area contributed by atoms with Crippen LogP contribution >= 0.6 is 0 Å². The van der Waals surface area contributed by atoms with Crippen LogP contribution in [0.3, 0.4) is 0 Å². The van der Waals surface area contributed by atoms with Gasteiger partial charge in [0.15, 0.2) is 0 Å². The van der Waals surface area contributed by atoms with E-state index in [4.69, 9.17) is 5.84 Å². The van der Waals surface area contributed by atoms with E-state index in [9.17, 15) is 9.59 Å². The number of rotatable bonds is 4. The number of amides is 2. The van der Waals surface area contributed by atoms with Crippen molar-refractivity contribution in [3.8, 4) is 0 Å². The molecule has 0 aliphatic rings. The summed E-state index contributed by atoms with van der Waals surface area (Å²) in [4.78, 5) is 24.8. The highest BCUT2D eigenvalue weighted by molar-refractivity contribution is 6.05. The summed E-state index contributed by atoms with van der Waals surface area (Å²) in [6, 6.07) is 15.2. The Morgan fingerprint density at radius 1 is 0.793 bits per heavy atom. The Hall–Kier alpha value is -2.92. The van der Waals surface area contributed by atoms with Crippen molar-refractivity contribution < 1.29 is 9.59 Å². The van der Waals surface area contributed by atoms with E-state index in [1.54, 1.807) is 18.2 Å². The number of carbonyl (C=O) groups is 2. The number of hydrogen-bond acceptors (Lipinski definition) is 3. The van der Waals surface area contributed by atoms with Gasteiger partial charge in [0.05, 0.1) is 0 Å². The second-order valence-corrected chi connectivity index (χ2v) is 9.18. The van der Waals surface area contributed by atoms with Gasteiger partial charge in [0.2, 0.25) is 0 Å². The molecule has 2 aromatic rings. The van der Waals surface area contributed by atoms with Crippen molar-refractivity contribution in [3.05, 3.63) is 76.5 Å². The van der Waals surface area contributed by atoms with E-state index in [0.717, 1.165) is 11.1 Å². The molecular formula is C24H31N3O2. The van der Waals surface area contributed by atoms with Crippen LogP contribution in [-0.2, 0) is 15.6 Å². The maximum atomic E-state index is 12.6. The molecule has 0 radical (unpaired) electrons. The quantitative estimate of drug-likeness (QED) is 0.317. The Morgan fingerprint density at radius 3 is 1.66 bits per heavy atom. The predicted molar refractivity (Wildman–Crippen MR) is 118 cm³/mol. The molecule has 0 aliphatic carbocycles. The minimum atomic E-state index is -0.565. The molecular weight excluding hydrogens is 362 g/mol. The molecule has 0 heterocycles. The lowest BCUT2D eigenvalue weighted by atomic mass is 9.86. The van der Waals surface area contributed by atoms with Crippen molar-refractivity contribution in [3.63, 3.8) is 0 Å². The molecule has 0 aromatic heterocycles. The van der Waals surface area contributed by atoms with Gasteiger partial charge in [-0.2, -0.15) is 0 Å². The number of benzene rings is 2. The third-order valence-electron chi connectivity index (χ3n) is 4.72. The highest BCUT2D eigenvalue weighted by Crippen LogP contribution is 2.23. The number of carbonyl (C=O) groups excluding carboxylic acids is 2. The van der Waals surface area contributed by atoms with Crippen molar-refractivity contribution in [2.24, 2.45) is 5.84 Å². The molecule has 5 heteroatoms. The zero-order valence-electron chi connectivity index (χ0n) is 18.1. The van der Waals surface area contributed by atoms with Crippen LogP contribution in [0.15, 0.2) is 54.2 Å². The summed E-state index contributed by atoms with van der Waals surface area (Å²) in [7, 11) is 0. The van der Waals surface area contributed by atoms with E-state index >= 15 is 0 Å². The molecule has 0 fully saturated rings. The standard InChI is InChI=1S/C24H31N3O2/c1-23(2,3)18-11-7-16(8-12-18)15-20(22(29)27-25)26-21(28)17-9-13-19(14-10-17)24(4,5)6/h7-15H,25H2,1-6H3,(H,26,28)(H,27,29)/b20-15+. The van der Waals surface area contributed by atoms with Crippen LogP contribution in [0.25, 0.3) is 6.08 Å². The van der Waals surface area contributed by atoms with Crippen molar-refractivity contribution in [1.29, 1.82) is 0 Å². The molecule has 29 heavy (non-hydrogen) atoms. The molecule has 0 unspecified atom stereocenters. The van der Waals surface area contributed by atoms with Crippen molar-refractivity contribution in [2.75, 3.05) is 0 Å². The van der Waals surface area contributed by atoms with Gasteiger partial charge in [0, 0.05) is 5.56 Å². The minimum absolute atomic E-state index is 0.00127. The fourth-order valence-electron chi connectivity index (χ4n) is 2.80. The van der Waals surface area contributed by atoms with Crippen LogP contribution in [0.4, 0.5) is 0 Å². The first-order valence-corrected chi connectivity index (χ1v) is 9.67. The average Bonchev–Trinajstić information content (AvgIpc) is 2.66. The molecule has 0 saturated carbocycles. The SMILES string of the molecule is CC(C)(C)c1ccc(/C=C(/NC(=O)c2ccc(C(C)(C)C)cc2)C(=O)NN)cc1. The Balaban J connectivity index is 2.25. The molecule has 2 rings (SSSR count). The van der Waals surface area contributed by atoms with Crippen molar-refractivity contribution in [1.82, 2.24) is 10.7 Å². The van der Waals surface area contributed by atoms with Crippen LogP contribution in [0.2, 0.25) is 0 Å². The topological polar surface area (TPSA) is 84.2 Å².